The van der Waals surface area contributed by atoms with Gasteiger partial charge in [0, 0.05) is 5.56 Å². The highest BCUT2D eigenvalue weighted by atomic mass is 16.7. The molecule has 0 aliphatic carbocycles. The molecule has 1 heterocycles. The first-order chi connectivity index (χ1) is 9.32. The van der Waals surface area contributed by atoms with E-state index in [9.17, 15) is 0 Å². The third kappa shape index (κ3) is 2.42. The normalized spacial score (nSPS) is 19.7. The number of rotatable bonds is 3. The van der Waals surface area contributed by atoms with Crippen molar-refractivity contribution >= 4 is 12.6 Å². The van der Waals surface area contributed by atoms with Crippen LogP contribution in [0.15, 0.2) is 18.2 Å². The van der Waals surface area contributed by atoms with Crippen molar-refractivity contribution in [1.29, 1.82) is 5.26 Å². The number of benzene rings is 1. The van der Waals surface area contributed by atoms with Gasteiger partial charge in [-0.15, -0.1) is 0 Å². The molecule has 1 aliphatic rings. The molecule has 0 spiro atoms. The summed E-state index contributed by atoms with van der Waals surface area (Å²) in [5.74, 6) is 0.693. The molecule has 1 aromatic carbocycles. The zero-order valence-corrected chi connectivity index (χ0v) is 12.7. The highest BCUT2D eigenvalue weighted by molar-refractivity contribution is 6.62. The molecule has 0 bridgehead atoms. The maximum absolute atomic E-state index is 9.03. The lowest BCUT2D eigenvalue weighted by Gasteiger charge is -2.32. The third-order valence-corrected chi connectivity index (χ3v) is 4.15. The SMILES string of the molecule is COc1cccc(B2OC(C)(C)C(C)(C)O2)c1CC#N. The fraction of sp³-hybridized carbons (Fsp3) is 0.533. The second-order valence-corrected chi connectivity index (χ2v) is 5.95. The molecule has 4 nitrogen and oxygen atoms in total. The molecule has 0 saturated carbocycles. The molecule has 1 saturated heterocycles. The number of nitriles is 1. The topological polar surface area (TPSA) is 51.5 Å². The van der Waals surface area contributed by atoms with E-state index < -0.39 is 18.3 Å². The Kier molecular flexibility index (Phi) is 3.81. The average molecular weight is 273 g/mol. The molecule has 20 heavy (non-hydrogen) atoms. The van der Waals surface area contributed by atoms with E-state index in [1.807, 2.05) is 45.9 Å². The van der Waals surface area contributed by atoms with Crippen LogP contribution < -0.4 is 10.2 Å². The van der Waals surface area contributed by atoms with Gasteiger partial charge in [-0.1, -0.05) is 12.1 Å². The van der Waals surface area contributed by atoms with Crippen molar-refractivity contribution in [3.05, 3.63) is 23.8 Å². The zero-order valence-electron chi connectivity index (χ0n) is 12.7. The summed E-state index contributed by atoms with van der Waals surface area (Å²) in [4.78, 5) is 0. The van der Waals surface area contributed by atoms with Gasteiger partial charge in [0.1, 0.15) is 5.75 Å². The van der Waals surface area contributed by atoms with E-state index in [4.69, 9.17) is 19.3 Å². The van der Waals surface area contributed by atoms with Gasteiger partial charge in [-0.05, 0) is 39.2 Å². The van der Waals surface area contributed by atoms with Crippen LogP contribution in [-0.4, -0.2) is 25.4 Å². The van der Waals surface area contributed by atoms with Crippen molar-refractivity contribution in [3.63, 3.8) is 0 Å². The van der Waals surface area contributed by atoms with E-state index in [2.05, 4.69) is 6.07 Å². The average Bonchev–Trinajstić information content (AvgIpc) is 2.59. The van der Waals surface area contributed by atoms with Crippen LogP contribution in [0.2, 0.25) is 0 Å². The van der Waals surface area contributed by atoms with Crippen LogP contribution in [0.1, 0.15) is 33.3 Å². The van der Waals surface area contributed by atoms with Crippen LogP contribution in [0, 0.1) is 11.3 Å². The fourth-order valence-corrected chi connectivity index (χ4v) is 2.23. The number of methoxy groups -OCH3 is 1. The van der Waals surface area contributed by atoms with Crippen molar-refractivity contribution in [2.75, 3.05) is 7.11 Å². The van der Waals surface area contributed by atoms with Gasteiger partial charge in [0.2, 0.25) is 0 Å². The predicted octanol–water partition coefficient (Wildman–Crippen LogP) is 2.06. The van der Waals surface area contributed by atoms with Crippen molar-refractivity contribution in [1.82, 2.24) is 0 Å². The van der Waals surface area contributed by atoms with E-state index >= 15 is 0 Å². The highest BCUT2D eigenvalue weighted by Gasteiger charge is 2.52. The molecule has 0 radical (unpaired) electrons. The van der Waals surface area contributed by atoms with Crippen molar-refractivity contribution in [3.8, 4) is 11.8 Å². The van der Waals surface area contributed by atoms with E-state index in [0.29, 0.717) is 5.75 Å². The standard InChI is InChI=1S/C15H20BNO3/c1-14(2)15(3,4)20-16(19-14)12-7-6-8-13(18-5)11(12)9-10-17/h6-8H,9H2,1-5H3. The van der Waals surface area contributed by atoms with Crippen molar-refractivity contribution in [2.45, 2.75) is 45.3 Å². The Morgan fingerprint density at radius 3 is 2.30 bits per heavy atom. The van der Waals surface area contributed by atoms with Gasteiger partial charge in [-0.2, -0.15) is 5.26 Å². The Balaban J connectivity index is 2.42. The lowest BCUT2D eigenvalue weighted by molar-refractivity contribution is 0.00578. The molecular formula is C15H20BNO3. The molecule has 0 amide bonds. The monoisotopic (exact) mass is 273 g/mol. The molecule has 0 unspecified atom stereocenters. The smallest absolute Gasteiger partial charge is 0.495 e. The highest BCUT2D eigenvalue weighted by Crippen LogP contribution is 2.37. The van der Waals surface area contributed by atoms with Gasteiger partial charge in [-0.25, -0.2) is 0 Å². The second-order valence-electron chi connectivity index (χ2n) is 5.95. The first kappa shape index (κ1) is 14.9. The molecule has 0 aromatic heterocycles. The van der Waals surface area contributed by atoms with Gasteiger partial charge < -0.3 is 14.0 Å². The quantitative estimate of drug-likeness (QED) is 0.791. The van der Waals surface area contributed by atoms with Crippen LogP contribution >= 0.6 is 0 Å². The van der Waals surface area contributed by atoms with Gasteiger partial charge in [-0.3, -0.25) is 0 Å². The van der Waals surface area contributed by atoms with Crippen LogP contribution in [0.3, 0.4) is 0 Å². The van der Waals surface area contributed by atoms with Gasteiger partial charge in [0.25, 0.3) is 0 Å². The van der Waals surface area contributed by atoms with E-state index in [1.54, 1.807) is 7.11 Å². The fourth-order valence-electron chi connectivity index (χ4n) is 2.23. The summed E-state index contributed by atoms with van der Waals surface area (Å²) < 4.78 is 17.4. The molecule has 1 aliphatic heterocycles. The number of ether oxygens (including phenoxy) is 1. The molecule has 5 heteroatoms. The number of nitrogens with zero attached hydrogens (tertiary/aromatic N) is 1. The van der Waals surface area contributed by atoms with Crippen molar-refractivity contribution in [2.24, 2.45) is 0 Å². The molecule has 106 valence electrons. The zero-order chi connectivity index (χ0) is 15.0. The van der Waals surface area contributed by atoms with Crippen LogP contribution in [0.4, 0.5) is 0 Å². The predicted molar refractivity (Wildman–Crippen MR) is 78.0 cm³/mol. The molecule has 0 N–H and O–H groups in total. The Morgan fingerprint density at radius 1 is 1.20 bits per heavy atom. The summed E-state index contributed by atoms with van der Waals surface area (Å²) in [6.07, 6.45) is 0.267. The Morgan fingerprint density at radius 2 is 1.80 bits per heavy atom. The largest absolute Gasteiger partial charge is 0.496 e. The minimum absolute atomic E-state index is 0.267. The molecule has 1 fully saturated rings. The summed E-state index contributed by atoms with van der Waals surface area (Å²) in [5.41, 5.74) is 0.899. The minimum atomic E-state index is -0.474. The van der Waals surface area contributed by atoms with Gasteiger partial charge in [0.05, 0.1) is 30.8 Å². The van der Waals surface area contributed by atoms with E-state index in [1.165, 1.54) is 0 Å². The third-order valence-electron chi connectivity index (χ3n) is 4.15. The Bertz CT molecular complexity index is 533. The maximum atomic E-state index is 9.03. The van der Waals surface area contributed by atoms with Crippen LogP contribution in [0.5, 0.6) is 5.75 Å². The summed E-state index contributed by atoms with van der Waals surface area (Å²) in [6, 6.07) is 7.84. The summed E-state index contributed by atoms with van der Waals surface area (Å²) in [7, 11) is 1.13. The van der Waals surface area contributed by atoms with Gasteiger partial charge in [0.15, 0.2) is 0 Å². The Labute approximate surface area is 120 Å². The van der Waals surface area contributed by atoms with Gasteiger partial charge >= 0.3 is 7.12 Å². The first-order valence-corrected chi connectivity index (χ1v) is 6.71. The molecule has 2 rings (SSSR count). The van der Waals surface area contributed by atoms with E-state index in [0.717, 1.165) is 11.0 Å². The van der Waals surface area contributed by atoms with Crippen molar-refractivity contribution < 1.29 is 14.0 Å². The summed E-state index contributed by atoms with van der Waals surface area (Å²) in [6.45, 7) is 8.04. The maximum Gasteiger partial charge on any atom is 0.495 e. The Hall–Kier alpha value is -1.51. The number of hydrogen-bond acceptors (Lipinski definition) is 4. The lowest BCUT2D eigenvalue weighted by Crippen LogP contribution is -2.41. The first-order valence-electron chi connectivity index (χ1n) is 6.71. The minimum Gasteiger partial charge on any atom is -0.496 e. The van der Waals surface area contributed by atoms with Crippen LogP contribution in [-0.2, 0) is 15.7 Å². The van der Waals surface area contributed by atoms with E-state index in [-0.39, 0.29) is 6.42 Å². The second kappa shape index (κ2) is 5.12. The number of hydrogen-bond donors (Lipinski definition) is 0. The van der Waals surface area contributed by atoms with Crippen LogP contribution in [0.25, 0.3) is 0 Å². The lowest BCUT2D eigenvalue weighted by atomic mass is 9.75. The molecule has 1 aromatic rings. The molecule has 0 atom stereocenters. The summed E-state index contributed by atoms with van der Waals surface area (Å²) in [5, 5.41) is 9.03. The molecular weight excluding hydrogens is 253 g/mol. The summed E-state index contributed by atoms with van der Waals surface area (Å²) >= 11 is 0.